The lowest BCUT2D eigenvalue weighted by Gasteiger charge is -2.30. The molecule has 120 valence electrons. The monoisotopic (exact) mass is 289 g/mol. The predicted molar refractivity (Wildman–Crippen MR) is 80.1 cm³/mol. The van der Waals surface area contributed by atoms with Gasteiger partial charge in [0.2, 0.25) is 0 Å². The van der Waals surface area contributed by atoms with Gasteiger partial charge in [0.1, 0.15) is 5.54 Å². The summed E-state index contributed by atoms with van der Waals surface area (Å²) in [7, 11) is 1.68. The van der Waals surface area contributed by atoms with E-state index < -0.39 is 11.5 Å². The Hall–Kier alpha value is -0.650. The molecule has 0 spiro atoms. The van der Waals surface area contributed by atoms with Crippen LogP contribution in [-0.4, -0.2) is 48.6 Å². The molecule has 0 aromatic heterocycles. The summed E-state index contributed by atoms with van der Waals surface area (Å²) in [5, 5.41) is 12.5. The van der Waals surface area contributed by atoms with Crippen molar-refractivity contribution in [2.45, 2.75) is 71.1 Å². The first-order valence-corrected chi connectivity index (χ1v) is 7.32. The second-order valence-corrected chi connectivity index (χ2v) is 6.16. The second kappa shape index (κ2) is 8.60. The van der Waals surface area contributed by atoms with Gasteiger partial charge in [0.25, 0.3) is 0 Å². The number of aliphatic carboxylic acids is 1. The van der Waals surface area contributed by atoms with E-state index in [0.29, 0.717) is 19.6 Å². The zero-order valence-electron chi connectivity index (χ0n) is 13.8. The Kier molecular flexibility index (Phi) is 8.32. The SMILES string of the molecule is CCCNC(C)(CC(C)OCCC(C)(C)OC)C(=O)O. The molecule has 2 N–H and O–H groups in total. The van der Waals surface area contributed by atoms with Gasteiger partial charge in [-0.1, -0.05) is 6.92 Å². The van der Waals surface area contributed by atoms with Gasteiger partial charge >= 0.3 is 5.97 Å². The molecule has 0 aliphatic heterocycles. The fraction of sp³-hybridized carbons (Fsp3) is 0.933. The van der Waals surface area contributed by atoms with Gasteiger partial charge in [0, 0.05) is 20.1 Å². The van der Waals surface area contributed by atoms with Crippen molar-refractivity contribution in [3.63, 3.8) is 0 Å². The Balaban J connectivity index is 4.27. The quantitative estimate of drug-likeness (QED) is 0.611. The summed E-state index contributed by atoms with van der Waals surface area (Å²) in [6.45, 7) is 10.9. The molecule has 0 aliphatic carbocycles. The molecule has 0 fully saturated rings. The van der Waals surface area contributed by atoms with E-state index in [4.69, 9.17) is 9.47 Å². The summed E-state index contributed by atoms with van der Waals surface area (Å²) in [5.41, 5.74) is -1.15. The molecular formula is C15H31NO4. The first-order chi connectivity index (χ1) is 9.17. The van der Waals surface area contributed by atoms with Crippen LogP contribution in [-0.2, 0) is 14.3 Å². The van der Waals surface area contributed by atoms with Crippen molar-refractivity contribution >= 4 is 5.97 Å². The van der Waals surface area contributed by atoms with Crippen LogP contribution in [0, 0.1) is 0 Å². The van der Waals surface area contributed by atoms with Gasteiger partial charge in [-0.25, -0.2) is 0 Å². The summed E-state index contributed by atoms with van der Waals surface area (Å²) in [6.07, 6.45) is 2.00. The van der Waals surface area contributed by atoms with Gasteiger partial charge in [-0.2, -0.15) is 0 Å². The highest BCUT2D eigenvalue weighted by molar-refractivity contribution is 5.78. The van der Waals surface area contributed by atoms with Gasteiger partial charge < -0.3 is 19.9 Å². The zero-order valence-corrected chi connectivity index (χ0v) is 13.8. The van der Waals surface area contributed by atoms with E-state index in [1.807, 2.05) is 27.7 Å². The minimum Gasteiger partial charge on any atom is -0.480 e. The first-order valence-electron chi connectivity index (χ1n) is 7.32. The van der Waals surface area contributed by atoms with Crippen LogP contribution in [0.4, 0.5) is 0 Å². The number of carboxylic acid groups (broad SMARTS) is 1. The average Bonchev–Trinajstić information content (AvgIpc) is 2.36. The average molecular weight is 289 g/mol. The predicted octanol–water partition coefficient (Wildman–Crippen LogP) is 2.44. The molecule has 0 rings (SSSR count). The fourth-order valence-electron chi connectivity index (χ4n) is 1.88. The van der Waals surface area contributed by atoms with Crippen molar-refractivity contribution in [2.24, 2.45) is 0 Å². The van der Waals surface area contributed by atoms with Crippen LogP contribution in [0.25, 0.3) is 0 Å². The van der Waals surface area contributed by atoms with Crippen LogP contribution in [0.5, 0.6) is 0 Å². The largest absolute Gasteiger partial charge is 0.480 e. The molecule has 5 heteroatoms. The molecular weight excluding hydrogens is 258 g/mol. The fourth-order valence-corrected chi connectivity index (χ4v) is 1.88. The Bertz CT molecular complexity index is 294. The summed E-state index contributed by atoms with van der Waals surface area (Å²) in [5.74, 6) is -0.835. The lowest BCUT2D eigenvalue weighted by Crippen LogP contribution is -2.51. The molecule has 0 aliphatic rings. The van der Waals surface area contributed by atoms with Crippen LogP contribution in [0.15, 0.2) is 0 Å². The van der Waals surface area contributed by atoms with Crippen LogP contribution in [0.1, 0.15) is 53.9 Å². The van der Waals surface area contributed by atoms with Crippen molar-refractivity contribution in [1.29, 1.82) is 0 Å². The number of carboxylic acids is 1. The Morgan fingerprint density at radius 2 is 1.95 bits per heavy atom. The van der Waals surface area contributed by atoms with Crippen molar-refractivity contribution in [2.75, 3.05) is 20.3 Å². The number of ether oxygens (including phenoxy) is 2. The molecule has 0 amide bonds. The number of methoxy groups -OCH3 is 1. The lowest BCUT2D eigenvalue weighted by molar-refractivity contribution is -0.146. The highest BCUT2D eigenvalue weighted by Crippen LogP contribution is 2.17. The molecule has 0 saturated heterocycles. The first kappa shape index (κ1) is 19.4. The standard InChI is InChI=1S/C15H31NO4/c1-7-9-16-15(5,13(17)18)11-12(2)20-10-8-14(3,4)19-6/h12,16H,7-11H2,1-6H3,(H,17,18). The molecule has 0 bridgehead atoms. The molecule has 0 radical (unpaired) electrons. The van der Waals surface area contributed by atoms with Gasteiger partial charge in [0.15, 0.2) is 0 Å². The number of hydrogen-bond donors (Lipinski definition) is 2. The van der Waals surface area contributed by atoms with E-state index in [2.05, 4.69) is 5.32 Å². The summed E-state index contributed by atoms with van der Waals surface area (Å²) < 4.78 is 11.0. The maximum absolute atomic E-state index is 11.4. The van der Waals surface area contributed by atoms with Crippen molar-refractivity contribution in [1.82, 2.24) is 5.32 Å². The third-order valence-corrected chi connectivity index (χ3v) is 3.59. The highest BCUT2D eigenvalue weighted by atomic mass is 16.5. The molecule has 20 heavy (non-hydrogen) atoms. The minimum absolute atomic E-state index is 0.117. The van der Waals surface area contributed by atoms with Crippen LogP contribution in [0.3, 0.4) is 0 Å². The third-order valence-electron chi connectivity index (χ3n) is 3.59. The van der Waals surface area contributed by atoms with E-state index in [0.717, 1.165) is 12.8 Å². The lowest BCUT2D eigenvalue weighted by atomic mass is 9.94. The number of hydrogen-bond acceptors (Lipinski definition) is 4. The molecule has 2 unspecified atom stereocenters. The van der Waals surface area contributed by atoms with Crippen LogP contribution < -0.4 is 5.32 Å². The Morgan fingerprint density at radius 1 is 1.35 bits per heavy atom. The van der Waals surface area contributed by atoms with E-state index in [1.165, 1.54) is 0 Å². The summed E-state index contributed by atoms with van der Waals surface area (Å²) in [4.78, 5) is 11.4. The molecule has 0 saturated carbocycles. The second-order valence-electron chi connectivity index (χ2n) is 6.16. The maximum atomic E-state index is 11.4. The third kappa shape index (κ3) is 7.22. The zero-order chi connectivity index (χ0) is 15.8. The smallest absolute Gasteiger partial charge is 0.323 e. The van der Waals surface area contributed by atoms with Crippen LogP contribution in [0.2, 0.25) is 0 Å². The van der Waals surface area contributed by atoms with Gasteiger partial charge in [-0.05, 0) is 47.1 Å². The molecule has 0 heterocycles. The number of carbonyl (C=O) groups is 1. The van der Waals surface area contributed by atoms with E-state index in [-0.39, 0.29) is 11.7 Å². The van der Waals surface area contributed by atoms with Gasteiger partial charge in [-0.15, -0.1) is 0 Å². The molecule has 0 aromatic carbocycles. The van der Waals surface area contributed by atoms with Crippen LogP contribution >= 0.6 is 0 Å². The number of nitrogens with one attached hydrogen (secondary N) is 1. The summed E-state index contributed by atoms with van der Waals surface area (Å²) >= 11 is 0. The van der Waals surface area contributed by atoms with Crippen molar-refractivity contribution in [3.8, 4) is 0 Å². The van der Waals surface area contributed by atoms with E-state index >= 15 is 0 Å². The van der Waals surface area contributed by atoms with Gasteiger partial charge in [0.05, 0.1) is 11.7 Å². The Morgan fingerprint density at radius 3 is 2.40 bits per heavy atom. The maximum Gasteiger partial charge on any atom is 0.323 e. The summed E-state index contributed by atoms with van der Waals surface area (Å²) in [6, 6.07) is 0. The molecule has 2 atom stereocenters. The van der Waals surface area contributed by atoms with Crippen molar-refractivity contribution in [3.05, 3.63) is 0 Å². The van der Waals surface area contributed by atoms with Gasteiger partial charge in [-0.3, -0.25) is 4.79 Å². The molecule has 0 aromatic rings. The van der Waals surface area contributed by atoms with Crippen molar-refractivity contribution < 1.29 is 19.4 Å². The molecule has 5 nitrogen and oxygen atoms in total. The normalized spacial score (nSPS) is 16.7. The minimum atomic E-state index is -0.938. The topological polar surface area (TPSA) is 67.8 Å². The van der Waals surface area contributed by atoms with E-state index in [9.17, 15) is 9.90 Å². The highest BCUT2D eigenvalue weighted by Gasteiger charge is 2.34. The van der Waals surface area contributed by atoms with E-state index in [1.54, 1.807) is 14.0 Å². The Labute approximate surface area is 123 Å². The number of rotatable bonds is 11.